The summed E-state index contributed by atoms with van der Waals surface area (Å²) in [5.74, 6) is 0. The second-order valence-electron chi connectivity index (χ2n) is 5.44. The molecule has 4 heterocycles. The van der Waals surface area contributed by atoms with Gasteiger partial charge >= 0.3 is 0 Å². The molecule has 0 unspecified atom stereocenters. The smallest absolute Gasteiger partial charge is 0.184 e. The van der Waals surface area contributed by atoms with Gasteiger partial charge in [-0.25, -0.2) is 13.4 Å². The third kappa shape index (κ3) is 3.70. The Bertz CT molecular complexity index is 1250. The number of nitrogens with one attached hydrogen (secondary N) is 1. The molecule has 11 heteroatoms. The highest BCUT2D eigenvalue weighted by Crippen LogP contribution is 2.32. The number of hydrogen-bond acceptors (Lipinski definition) is 6. The lowest BCUT2D eigenvalue weighted by Gasteiger charge is -2.03. The minimum atomic E-state index is -3.24. The second-order valence-corrected chi connectivity index (χ2v) is 8.77. The van der Waals surface area contributed by atoms with Gasteiger partial charge < -0.3 is 0 Å². The number of nitriles is 1. The predicted molar refractivity (Wildman–Crippen MR) is 108 cm³/mol. The first-order valence-electron chi connectivity index (χ1n) is 7.19. The van der Waals surface area contributed by atoms with Crippen molar-refractivity contribution < 1.29 is 8.42 Å². The van der Waals surface area contributed by atoms with Crippen molar-refractivity contribution in [2.45, 2.75) is 4.21 Å². The lowest BCUT2D eigenvalue weighted by molar-refractivity contribution is 0.604. The molecule has 0 saturated heterocycles. The molecule has 0 bridgehead atoms. The first kappa shape index (κ1) is 20.9. The van der Waals surface area contributed by atoms with Gasteiger partial charge in [-0.15, -0.1) is 36.2 Å². The van der Waals surface area contributed by atoms with Gasteiger partial charge in [-0.1, -0.05) is 0 Å². The topological polar surface area (TPSA) is 104 Å². The molecule has 4 aromatic rings. The van der Waals surface area contributed by atoms with Crippen molar-refractivity contribution in [1.29, 1.82) is 5.26 Å². The van der Waals surface area contributed by atoms with E-state index in [0.717, 1.165) is 21.8 Å². The van der Waals surface area contributed by atoms with Crippen LogP contribution in [0.1, 0.15) is 5.69 Å². The molecule has 0 aliphatic carbocycles. The fourth-order valence-electron chi connectivity index (χ4n) is 2.57. The van der Waals surface area contributed by atoms with E-state index in [1.807, 2.05) is 22.7 Å². The number of rotatable bonds is 3. The zero-order valence-electron chi connectivity index (χ0n) is 13.8. The van der Waals surface area contributed by atoms with Crippen LogP contribution in [0.4, 0.5) is 0 Å². The zero-order valence-corrected chi connectivity index (χ0v) is 17.0. The van der Waals surface area contributed by atoms with Crippen molar-refractivity contribution in [1.82, 2.24) is 19.6 Å². The molecular formula is C16H13Cl2N5O2S2. The lowest BCUT2D eigenvalue weighted by Crippen LogP contribution is -1.92. The van der Waals surface area contributed by atoms with E-state index in [9.17, 15) is 8.42 Å². The van der Waals surface area contributed by atoms with Crippen LogP contribution in [0.15, 0.2) is 47.1 Å². The Morgan fingerprint density at radius 2 is 2.00 bits per heavy atom. The van der Waals surface area contributed by atoms with Crippen molar-refractivity contribution in [2.24, 2.45) is 0 Å². The van der Waals surface area contributed by atoms with Crippen LogP contribution in [-0.2, 0) is 9.84 Å². The third-order valence-corrected chi connectivity index (χ3v) is 6.69. The average molecular weight is 442 g/mol. The second kappa shape index (κ2) is 7.70. The fourth-order valence-corrected chi connectivity index (χ4v) is 4.51. The van der Waals surface area contributed by atoms with Crippen LogP contribution in [0.3, 0.4) is 0 Å². The Morgan fingerprint density at radius 3 is 2.67 bits per heavy atom. The molecule has 0 fully saturated rings. The first-order valence-corrected chi connectivity index (χ1v) is 9.90. The maximum Gasteiger partial charge on any atom is 0.184 e. The largest absolute Gasteiger partial charge is 0.298 e. The first-order chi connectivity index (χ1) is 12.0. The Hall–Kier alpha value is -2.38. The molecule has 0 aliphatic heterocycles. The van der Waals surface area contributed by atoms with E-state index in [2.05, 4.69) is 21.3 Å². The molecule has 0 radical (unpaired) electrons. The number of hydrogen-bond donors (Lipinski definition) is 1. The van der Waals surface area contributed by atoms with Gasteiger partial charge in [0.25, 0.3) is 0 Å². The molecular weight excluding hydrogens is 429 g/mol. The highest BCUT2D eigenvalue weighted by molar-refractivity contribution is 7.92. The molecule has 0 atom stereocenters. The van der Waals surface area contributed by atoms with E-state index in [0.29, 0.717) is 15.5 Å². The van der Waals surface area contributed by atoms with E-state index >= 15 is 0 Å². The summed E-state index contributed by atoms with van der Waals surface area (Å²) in [4.78, 5) is 5.17. The van der Waals surface area contributed by atoms with Crippen molar-refractivity contribution >= 4 is 51.6 Å². The monoisotopic (exact) mass is 441 g/mol. The van der Waals surface area contributed by atoms with Crippen LogP contribution < -0.4 is 0 Å². The molecule has 0 aliphatic rings. The zero-order chi connectivity index (χ0) is 17.6. The van der Waals surface area contributed by atoms with E-state index in [1.165, 1.54) is 17.6 Å². The highest BCUT2D eigenvalue weighted by Gasteiger charge is 2.15. The summed E-state index contributed by atoms with van der Waals surface area (Å²) in [5.41, 5.74) is 3.36. The SMILES string of the molecule is CS(=O)(=O)c1ccc(-c2cnc3ccc(-c4c[nH]nc4C#N)cn23)s1.Cl.Cl. The van der Waals surface area contributed by atoms with Crippen LogP contribution in [-0.4, -0.2) is 34.3 Å². The molecule has 27 heavy (non-hydrogen) atoms. The summed E-state index contributed by atoms with van der Waals surface area (Å²) in [5, 5.41) is 15.8. The van der Waals surface area contributed by atoms with Crippen molar-refractivity contribution in [3.05, 3.63) is 48.5 Å². The average Bonchev–Trinajstić information content (AvgIpc) is 3.31. The number of fused-ring (bicyclic) bond motifs is 1. The summed E-state index contributed by atoms with van der Waals surface area (Å²) in [7, 11) is -3.24. The predicted octanol–water partition coefficient (Wildman–Crippen LogP) is 3.57. The molecule has 1 N–H and O–H groups in total. The van der Waals surface area contributed by atoms with E-state index in [4.69, 9.17) is 5.26 Å². The van der Waals surface area contributed by atoms with Gasteiger partial charge in [-0.3, -0.25) is 9.50 Å². The Kier molecular flexibility index (Phi) is 5.97. The number of halogens is 2. The Labute approximate surface area is 171 Å². The third-order valence-electron chi connectivity index (χ3n) is 3.76. The molecule has 4 rings (SSSR count). The molecule has 0 amide bonds. The number of pyridine rings is 1. The van der Waals surface area contributed by atoms with Gasteiger partial charge in [0.2, 0.25) is 0 Å². The summed E-state index contributed by atoms with van der Waals surface area (Å²) in [6.45, 7) is 0. The Balaban J connectivity index is 0.00000131. The molecule has 4 aromatic heterocycles. The molecule has 0 spiro atoms. The van der Waals surface area contributed by atoms with Gasteiger partial charge in [-0.2, -0.15) is 10.4 Å². The van der Waals surface area contributed by atoms with E-state index in [1.54, 1.807) is 24.5 Å². The summed E-state index contributed by atoms with van der Waals surface area (Å²) in [6.07, 6.45) is 6.43. The number of sulfone groups is 1. The highest BCUT2D eigenvalue weighted by atomic mass is 35.5. The number of aromatic amines is 1. The van der Waals surface area contributed by atoms with Gasteiger partial charge in [0.1, 0.15) is 15.9 Å². The fraction of sp³-hybridized carbons (Fsp3) is 0.0625. The summed E-state index contributed by atoms with van der Waals surface area (Å²) >= 11 is 1.20. The minimum Gasteiger partial charge on any atom is -0.298 e. The van der Waals surface area contributed by atoms with Gasteiger partial charge in [-0.05, 0) is 24.3 Å². The maximum absolute atomic E-state index is 11.7. The van der Waals surface area contributed by atoms with Crippen molar-refractivity contribution in [2.75, 3.05) is 6.26 Å². The normalized spacial score (nSPS) is 10.8. The maximum atomic E-state index is 11.7. The van der Waals surface area contributed by atoms with Crippen LogP contribution >= 0.6 is 36.2 Å². The van der Waals surface area contributed by atoms with E-state index in [-0.39, 0.29) is 24.8 Å². The lowest BCUT2D eigenvalue weighted by atomic mass is 10.1. The van der Waals surface area contributed by atoms with Gasteiger partial charge in [0.15, 0.2) is 15.5 Å². The molecule has 0 aromatic carbocycles. The number of aromatic nitrogens is 4. The summed E-state index contributed by atoms with van der Waals surface area (Å²) in [6, 6.07) is 9.14. The van der Waals surface area contributed by atoms with Crippen LogP contribution in [0.2, 0.25) is 0 Å². The van der Waals surface area contributed by atoms with Crippen molar-refractivity contribution in [3.63, 3.8) is 0 Å². The standard InChI is InChI=1S/C16H11N5O2S2.2ClH/c1-25(22,23)16-5-3-14(24-16)13-8-18-15-4-2-10(9-21(13)15)11-7-19-20-12(11)6-17;;/h2-5,7-9H,1H3,(H,19,20);2*1H. The van der Waals surface area contributed by atoms with Gasteiger partial charge in [0.05, 0.1) is 16.8 Å². The minimum absolute atomic E-state index is 0. The molecule has 7 nitrogen and oxygen atoms in total. The number of nitrogens with zero attached hydrogens (tertiary/aromatic N) is 4. The van der Waals surface area contributed by atoms with Crippen LogP contribution in [0.25, 0.3) is 27.3 Å². The molecule has 0 saturated carbocycles. The van der Waals surface area contributed by atoms with Crippen LogP contribution in [0.5, 0.6) is 0 Å². The Morgan fingerprint density at radius 1 is 1.22 bits per heavy atom. The number of H-pyrrole nitrogens is 1. The van der Waals surface area contributed by atoms with Crippen LogP contribution in [0, 0.1) is 11.3 Å². The number of imidazole rings is 1. The van der Waals surface area contributed by atoms with Gasteiger partial charge in [0, 0.05) is 29.8 Å². The quantitative estimate of drug-likeness (QED) is 0.523. The molecule has 140 valence electrons. The van der Waals surface area contributed by atoms with Crippen molar-refractivity contribution in [3.8, 4) is 27.8 Å². The number of thiophene rings is 1. The summed E-state index contributed by atoms with van der Waals surface area (Å²) < 4.78 is 25.6. The van der Waals surface area contributed by atoms with E-state index < -0.39 is 9.84 Å².